The molecule has 104 valence electrons. The Labute approximate surface area is 117 Å². The van der Waals surface area contributed by atoms with E-state index in [0.717, 1.165) is 24.7 Å². The van der Waals surface area contributed by atoms with Crippen LogP contribution in [0.4, 0.5) is 21.8 Å². The van der Waals surface area contributed by atoms with Crippen molar-refractivity contribution in [2.45, 2.75) is 19.8 Å². The summed E-state index contributed by atoms with van der Waals surface area (Å²) in [5, 5.41) is 3.02. The quantitative estimate of drug-likeness (QED) is 0.931. The minimum Gasteiger partial charge on any atom is -0.341 e. The molecule has 1 saturated heterocycles. The molecule has 5 heteroatoms. The van der Waals surface area contributed by atoms with Gasteiger partial charge in [0, 0.05) is 24.8 Å². The number of benzene rings is 1. The summed E-state index contributed by atoms with van der Waals surface area (Å²) in [6, 6.07) is 8.41. The third kappa shape index (κ3) is 2.71. The molecule has 1 aromatic heterocycles. The Kier molecular flexibility index (Phi) is 3.50. The van der Waals surface area contributed by atoms with Gasteiger partial charge in [0.25, 0.3) is 0 Å². The van der Waals surface area contributed by atoms with Crippen LogP contribution in [0.1, 0.15) is 18.5 Å². The molecule has 0 radical (unpaired) electrons. The number of nitrogens with one attached hydrogen (secondary N) is 1. The molecule has 1 aliphatic rings. The summed E-state index contributed by atoms with van der Waals surface area (Å²) < 4.78 is 13.7. The Balaban J connectivity index is 1.88. The van der Waals surface area contributed by atoms with E-state index in [4.69, 9.17) is 0 Å². The van der Waals surface area contributed by atoms with Crippen LogP contribution in [-0.4, -0.2) is 23.1 Å². The van der Waals surface area contributed by atoms with Crippen LogP contribution in [0.5, 0.6) is 0 Å². The minimum atomic E-state index is -0.286. The number of halogens is 1. The van der Waals surface area contributed by atoms with E-state index in [1.807, 2.05) is 13.0 Å². The summed E-state index contributed by atoms with van der Waals surface area (Å²) in [5.41, 5.74) is 1.30. The van der Waals surface area contributed by atoms with Gasteiger partial charge in [0.05, 0.1) is 5.69 Å². The van der Waals surface area contributed by atoms with E-state index >= 15 is 0 Å². The molecule has 2 aromatic rings. The molecule has 3 rings (SSSR count). The zero-order valence-electron chi connectivity index (χ0n) is 11.4. The number of para-hydroxylation sites is 1. The monoisotopic (exact) mass is 272 g/mol. The van der Waals surface area contributed by atoms with Crippen molar-refractivity contribution in [1.29, 1.82) is 0 Å². The Morgan fingerprint density at radius 3 is 2.65 bits per heavy atom. The van der Waals surface area contributed by atoms with Crippen molar-refractivity contribution in [2.75, 3.05) is 23.3 Å². The van der Waals surface area contributed by atoms with Gasteiger partial charge in [-0.05, 0) is 31.9 Å². The number of anilines is 3. The normalized spacial score (nSPS) is 14.6. The van der Waals surface area contributed by atoms with Crippen molar-refractivity contribution in [2.24, 2.45) is 0 Å². The van der Waals surface area contributed by atoms with Gasteiger partial charge in [0.2, 0.25) is 5.95 Å². The predicted octanol–water partition coefficient (Wildman–Crippen LogP) is 3.27. The maximum Gasteiger partial charge on any atom is 0.227 e. The Morgan fingerprint density at radius 1 is 1.15 bits per heavy atom. The zero-order valence-corrected chi connectivity index (χ0v) is 11.4. The van der Waals surface area contributed by atoms with Crippen LogP contribution in [0, 0.1) is 12.7 Å². The summed E-state index contributed by atoms with van der Waals surface area (Å²) in [6.07, 6.45) is 2.35. The molecule has 0 amide bonds. The van der Waals surface area contributed by atoms with Gasteiger partial charge in [-0.15, -0.1) is 0 Å². The second kappa shape index (κ2) is 5.45. The molecule has 20 heavy (non-hydrogen) atoms. The van der Waals surface area contributed by atoms with E-state index in [1.165, 1.54) is 18.9 Å². The molecule has 0 atom stereocenters. The first-order valence-corrected chi connectivity index (χ1v) is 6.84. The molecule has 1 N–H and O–H groups in total. The Morgan fingerprint density at radius 2 is 1.90 bits per heavy atom. The zero-order chi connectivity index (χ0) is 13.9. The van der Waals surface area contributed by atoms with Crippen molar-refractivity contribution in [3.8, 4) is 0 Å². The second-order valence-electron chi connectivity index (χ2n) is 4.99. The summed E-state index contributed by atoms with van der Waals surface area (Å²) in [7, 11) is 0. The third-order valence-electron chi connectivity index (χ3n) is 3.37. The number of aromatic nitrogens is 2. The van der Waals surface area contributed by atoms with Crippen LogP contribution in [-0.2, 0) is 0 Å². The molecule has 4 nitrogen and oxygen atoms in total. The molecular formula is C15H17FN4. The number of hydrogen-bond donors (Lipinski definition) is 1. The van der Waals surface area contributed by atoms with Crippen molar-refractivity contribution in [1.82, 2.24) is 9.97 Å². The van der Waals surface area contributed by atoms with Gasteiger partial charge in [0.15, 0.2) is 0 Å². The van der Waals surface area contributed by atoms with Gasteiger partial charge in [-0.3, -0.25) is 0 Å². The van der Waals surface area contributed by atoms with Crippen molar-refractivity contribution < 1.29 is 4.39 Å². The van der Waals surface area contributed by atoms with E-state index in [0.29, 0.717) is 11.5 Å². The predicted molar refractivity (Wildman–Crippen MR) is 77.9 cm³/mol. The highest BCUT2D eigenvalue weighted by molar-refractivity contribution is 5.58. The highest BCUT2D eigenvalue weighted by atomic mass is 19.1. The lowest BCUT2D eigenvalue weighted by Gasteiger charge is -2.17. The van der Waals surface area contributed by atoms with E-state index in [9.17, 15) is 4.39 Å². The first-order chi connectivity index (χ1) is 9.72. The molecular weight excluding hydrogens is 255 g/mol. The van der Waals surface area contributed by atoms with E-state index < -0.39 is 0 Å². The van der Waals surface area contributed by atoms with Crippen molar-refractivity contribution in [3.05, 3.63) is 41.8 Å². The average molecular weight is 272 g/mol. The van der Waals surface area contributed by atoms with Crippen molar-refractivity contribution >= 4 is 17.5 Å². The first-order valence-electron chi connectivity index (χ1n) is 6.84. The molecule has 0 aliphatic carbocycles. The summed E-state index contributed by atoms with van der Waals surface area (Å²) in [5.74, 6) is 1.07. The molecule has 1 aliphatic heterocycles. The van der Waals surface area contributed by atoms with Gasteiger partial charge in [-0.2, -0.15) is 4.98 Å². The fraction of sp³-hybridized carbons (Fsp3) is 0.333. The minimum absolute atomic E-state index is 0.286. The summed E-state index contributed by atoms with van der Waals surface area (Å²) >= 11 is 0. The van der Waals surface area contributed by atoms with Gasteiger partial charge in [-0.1, -0.05) is 12.1 Å². The van der Waals surface area contributed by atoms with Crippen LogP contribution in [0.15, 0.2) is 30.3 Å². The maximum absolute atomic E-state index is 13.7. The summed E-state index contributed by atoms with van der Waals surface area (Å²) in [4.78, 5) is 11.1. The number of nitrogens with zero attached hydrogens (tertiary/aromatic N) is 3. The molecule has 1 aromatic carbocycles. The van der Waals surface area contributed by atoms with Gasteiger partial charge in [0.1, 0.15) is 11.6 Å². The lowest BCUT2D eigenvalue weighted by Crippen LogP contribution is -2.21. The third-order valence-corrected chi connectivity index (χ3v) is 3.37. The van der Waals surface area contributed by atoms with Gasteiger partial charge >= 0.3 is 0 Å². The topological polar surface area (TPSA) is 41.1 Å². The average Bonchev–Trinajstić information content (AvgIpc) is 2.95. The lowest BCUT2D eigenvalue weighted by atomic mass is 10.3. The van der Waals surface area contributed by atoms with Crippen LogP contribution < -0.4 is 10.2 Å². The van der Waals surface area contributed by atoms with Crippen LogP contribution in [0.3, 0.4) is 0 Å². The van der Waals surface area contributed by atoms with E-state index in [2.05, 4.69) is 20.2 Å². The first kappa shape index (κ1) is 12.8. The van der Waals surface area contributed by atoms with Crippen LogP contribution in [0.2, 0.25) is 0 Å². The van der Waals surface area contributed by atoms with Crippen LogP contribution in [0.25, 0.3) is 0 Å². The van der Waals surface area contributed by atoms with Crippen molar-refractivity contribution in [3.63, 3.8) is 0 Å². The number of rotatable bonds is 3. The largest absolute Gasteiger partial charge is 0.341 e. The molecule has 1 fully saturated rings. The molecule has 2 heterocycles. The van der Waals surface area contributed by atoms with Crippen LogP contribution >= 0.6 is 0 Å². The molecule has 0 unspecified atom stereocenters. The highest BCUT2D eigenvalue weighted by Gasteiger charge is 2.16. The second-order valence-corrected chi connectivity index (χ2v) is 4.99. The molecule has 0 bridgehead atoms. The molecule has 0 saturated carbocycles. The highest BCUT2D eigenvalue weighted by Crippen LogP contribution is 2.22. The standard InChI is InChI=1S/C15H17FN4/c1-11-10-14(18-13-7-3-2-6-12(13)16)19-15(17-11)20-8-4-5-9-20/h2-3,6-7,10H,4-5,8-9H2,1H3,(H,17,18,19). The number of hydrogen-bond acceptors (Lipinski definition) is 4. The molecule has 0 spiro atoms. The number of aryl methyl sites for hydroxylation is 1. The summed E-state index contributed by atoms with van der Waals surface area (Å²) in [6.45, 7) is 3.90. The Bertz CT molecular complexity index is 609. The van der Waals surface area contributed by atoms with E-state index in [-0.39, 0.29) is 5.82 Å². The van der Waals surface area contributed by atoms with Gasteiger partial charge in [-0.25, -0.2) is 9.37 Å². The SMILES string of the molecule is Cc1cc(Nc2ccccc2F)nc(N2CCCC2)n1. The van der Waals surface area contributed by atoms with Gasteiger partial charge < -0.3 is 10.2 Å². The fourth-order valence-electron chi connectivity index (χ4n) is 2.38. The maximum atomic E-state index is 13.7. The fourth-order valence-corrected chi connectivity index (χ4v) is 2.38. The Hall–Kier alpha value is -2.17. The lowest BCUT2D eigenvalue weighted by molar-refractivity contribution is 0.632. The van der Waals surface area contributed by atoms with E-state index in [1.54, 1.807) is 18.2 Å². The smallest absolute Gasteiger partial charge is 0.227 e.